The molecule has 2 aromatic rings. The number of benzene rings is 1. The van der Waals surface area contributed by atoms with Gasteiger partial charge in [-0.15, -0.1) is 0 Å². The molecule has 1 aromatic heterocycles. The minimum Gasteiger partial charge on any atom is -0.367 e. The van der Waals surface area contributed by atoms with Crippen molar-refractivity contribution in [2.45, 2.75) is 13.1 Å². The van der Waals surface area contributed by atoms with Crippen LogP contribution in [-0.4, -0.2) is 5.16 Å². The third kappa shape index (κ3) is 1.88. The predicted octanol–water partition coefficient (Wildman–Crippen LogP) is 3.61. The molecule has 2 rings (SSSR count). The second kappa shape index (κ2) is 4.14. The van der Waals surface area contributed by atoms with Crippen LogP contribution in [0, 0.1) is 0 Å². The van der Waals surface area contributed by atoms with E-state index in [2.05, 4.69) is 5.16 Å². The average Bonchev–Trinajstić information content (AvgIpc) is 2.64. The number of hydrogen-bond donors (Lipinski definition) is 1. The summed E-state index contributed by atoms with van der Waals surface area (Å²) in [6.45, 7) is 1.46. The van der Waals surface area contributed by atoms with E-state index in [1.165, 1.54) is 13.1 Å². The highest BCUT2D eigenvalue weighted by molar-refractivity contribution is 6.33. The zero-order valence-electron chi connectivity index (χ0n) is 8.58. The molecule has 0 spiro atoms. The van der Waals surface area contributed by atoms with Gasteiger partial charge >= 0.3 is 0 Å². The first-order chi connectivity index (χ1) is 7.59. The summed E-state index contributed by atoms with van der Waals surface area (Å²) in [5.74, 6) is 0.197. The van der Waals surface area contributed by atoms with Crippen LogP contribution in [0.15, 0.2) is 28.9 Å². The highest BCUT2D eigenvalue weighted by atomic mass is 35.5. The molecule has 0 saturated heterocycles. The molecule has 16 heavy (non-hydrogen) atoms. The number of nitrogens with zero attached hydrogens (tertiary/aromatic N) is 1. The molecule has 0 aliphatic heterocycles. The van der Waals surface area contributed by atoms with E-state index in [0.29, 0.717) is 21.7 Å². The summed E-state index contributed by atoms with van der Waals surface area (Å²) in [7, 11) is 0. The van der Waals surface area contributed by atoms with E-state index in [0.717, 1.165) is 0 Å². The van der Waals surface area contributed by atoms with Crippen molar-refractivity contribution in [2.24, 2.45) is 0 Å². The Balaban J connectivity index is 2.48. The fourth-order valence-corrected chi connectivity index (χ4v) is 1.74. The molecule has 1 atom stereocenters. The van der Waals surface area contributed by atoms with E-state index in [4.69, 9.17) is 21.9 Å². The van der Waals surface area contributed by atoms with Crippen molar-refractivity contribution in [3.8, 4) is 11.1 Å². The van der Waals surface area contributed by atoms with Crippen molar-refractivity contribution < 1.29 is 8.91 Å². The maximum absolute atomic E-state index is 13.1. The van der Waals surface area contributed by atoms with Gasteiger partial charge in [0.1, 0.15) is 6.17 Å². The molecule has 1 heterocycles. The fraction of sp³-hybridized carbons (Fsp3) is 0.182. The second-order valence-electron chi connectivity index (χ2n) is 3.46. The molecule has 1 aromatic carbocycles. The Kier molecular flexibility index (Phi) is 2.83. The van der Waals surface area contributed by atoms with Crippen molar-refractivity contribution in [1.29, 1.82) is 0 Å². The van der Waals surface area contributed by atoms with Crippen LogP contribution in [0.3, 0.4) is 0 Å². The van der Waals surface area contributed by atoms with Crippen molar-refractivity contribution in [3.05, 3.63) is 35.0 Å². The smallest absolute Gasteiger partial charge is 0.230 e. The quantitative estimate of drug-likeness (QED) is 0.872. The van der Waals surface area contributed by atoms with Crippen LogP contribution < -0.4 is 5.73 Å². The van der Waals surface area contributed by atoms with Crippen molar-refractivity contribution in [3.63, 3.8) is 0 Å². The Bertz CT molecular complexity index is 510. The third-order valence-corrected chi connectivity index (χ3v) is 2.65. The van der Waals surface area contributed by atoms with Crippen molar-refractivity contribution >= 4 is 17.5 Å². The SMILES string of the molecule is CC(F)c1ccc(-c2cnoc2N)c(Cl)c1. The number of alkyl halides is 1. The standard InChI is InChI=1S/C11H10ClFN2O/c1-6(13)7-2-3-8(10(12)4-7)9-5-15-16-11(9)14/h2-6H,14H2,1H3. The highest BCUT2D eigenvalue weighted by Crippen LogP contribution is 2.33. The lowest BCUT2D eigenvalue weighted by molar-refractivity contribution is 0.374. The summed E-state index contributed by atoms with van der Waals surface area (Å²) >= 11 is 6.05. The predicted molar refractivity (Wildman–Crippen MR) is 60.9 cm³/mol. The van der Waals surface area contributed by atoms with E-state index >= 15 is 0 Å². The first-order valence-electron chi connectivity index (χ1n) is 4.73. The Hall–Kier alpha value is -1.55. The maximum atomic E-state index is 13.1. The molecule has 0 saturated carbocycles. The van der Waals surface area contributed by atoms with Crippen molar-refractivity contribution in [1.82, 2.24) is 5.16 Å². The van der Waals surface area contributed by atoms with Gasteiger partial charge in [0.15, 0.2) is 0 Å². The first-order valence-corrected chi connectivity index (χ1v) is 5.11. The average molecular weight is 241 g/mol. The number of aromatic nitrogens is 1. The van der Waals surface area contributed by atoms with Gasteiger partial charge in [0.25, 0.3) is 0 Å². The van der Waals surface area contributed by atoms with Gasteiger partial charge in [-0.3, -0.25) is 0 Å². The van der Waals surface area contributed by atoms with E-state index in [9.17, 15) is 4.39 Å². The zero-order chi connectivity index (χ0) is 11.7. The molecule has 0 aliphatic carbocycles. The van der Waals surface area contributed by atoms with Crippen LogP contribution in [0.4, 0.5) is 10.3 Å². The van der Waals surface area contributed by atoms with E-state index in [-0.39, 0.29) is 5.88 Å². The van der Waals surface area contributed by atoms with Crippen LogP contribution >= 0.6 is 11.6 Å². The number of rotatable bonds is 2. The summed E-state index contributed by atoms with van der Waals surface area (Å²) in [4.78, 5) is 0. The third-order valence-electron chi connectivity index (χ3n) is 2.34. The normalized spacial score (nSPS) is 12.7. The second-order valence-corrected chi connectivity index (χ2v) is 3.87. The van der Waals surface area contributed by atoms with Crippen LogP contribution in [0.25, 0.3) is 11.1 Å². The van der Waals surface area contributed by atoms with E-state index in [1.54, 1.807) is 18.2 Å². The van der Waals surface area contributed by atoms with Gasteiger partial charge in [-0.05, 0) is 18.6 Å². The minimum absolute atomic E-state index is 0.197. The Morgan fingerprint density at radius 3 is 2.69 bits per heavy atom. The van der Waals surface area contributed by atoms with Crippen LogP contribution in [-0.2, 0) is 0 Å². The van der Waals surface area contributed by atoms with Gasteiger partial charge in [0, 0.05) is 10.6 Å². The zero-order valence-corrected chi connectivity index (χ0v) is 9.33. The molecule has 0 radical (unpaired) electrons. The molecule has 0 aliphatic rings. The Morgan fingerprint density at radius 1 is 1.44 bits per heavy atom. The fourth-order valence-electron chi connectivity index (χ4n) is 1.45. The van der Waals surface area contributed by atoms with Crippen LogP contribution in [0.1, 0.15) is 18.7 Å². The minimum atomic E-state index is -1.05. The summed E-state index contributed by atoms with van der Waals surface area (Å²) < 4.78 is 17.8. The molecule has 5 heteroatoms. The molecule has 0 fully saturated rings. The van der Waals surface area contributed by atoms with Gasteiger partial charge < -0.3 is 10.3 Å². The number of hydrogen-bond acceptors (Lipinski definition) is 3. The number of anilines is 1. The molecule has 1 unspecified atom stereocenters. The molecule has 0 amide bonds. The monoisotopic (exact) mass is 240 g/mol. The van der Waals surface area contributed by atoms with E-state index < -0.39 is 6.17 Å². The molecular formula is C11H10ClFN2O. The number of nitrogens with two attached hydrogens (primary N) is 1. The maximum Gasteiger partial charge on any atom is 0.230 e. The summed E-state index contributed by atoms with van der Waals surface area (Å²) in [6, 6.07) is 4.95. The van der Waals surface area contributed by atoms with Gasteiger partial charge in [-0.25, -0.2) is 4.39 Å². The van der Waals surface area contributed by atoms with E-state index in [1.807, 2.05) is 0 Å². The van der Waals surface area contributed by atoms with Crippen molar-refractivity contribution in [2.75, 3.05) is 5.73 Å². The lowest BCUT2D eigenvalue weighted by Crippen LogP contribution is -1.89. The van der Waals surface area contributed by atoms with Crippen LogP contribution in [0.2, 0.25) is 5.02 Å². The number of halogens is 2. The number of nitrogen functional groups attached to an aromatic ring is 1. The van der Waals surface area contributed by atoms with Gasteiger partial charge in [-0.1, -0.05) is 28.9 Å². The van der Waals surface area contributed by atoms with Gasteiger partial charge in [0.05, 0.1) is 11.8 Å². The summed E-state index contributed by atoms with van der Waals surface area (Å²) in [5.41, 5.74) is 7.41. The molecule has 3 nitrogen and oxygen atoms in total. The van der Waals surface area contributed by atoms with Gasteiger partial charge in [0.2, 0.25) is 5.88 Å². The molecular weight excluding hydrogens is 231 g/mol. The summed E-state index contributed by atoms with van der Waals surface area (Å²) in [5, 5.41) is 3.99. The molecule has 0 bridgehead atoms. The Labute approximate surface area is 97.0 Å². The largest absolute Gasteiger partial charge is 0.367 e. The Morgan fingerprint density at radius 2 is 2.19 bits per heavy atom. The summed E-state index contributed by atoms with van der Waals surface area (Å²) in [6.07, 6.45) is 0.432. The highest BCUT2D eigenvalue weighted by Gasteiger charge is 2.12. The lowest BCUT2D eigenvalue weighted by Gasteiger charge is -2.06. The molecule has 2 N–H and O–H groups in total. The molecule has 84 valence electrons. The van der Waals surface area contributed by atoms with Crippen LogP contribution in [0.5, 0.6) is 0 Å². The first kappa shape index (κ1) is 11.0. The van der Waals surface area contributed by atoms with Gasteiger partial charge in [-0.2, -0.15) is 0 Å². The topological polar surface area (TPSA) is 52.0 Å². The lowest BCUT2D eigenvalue weighted by atomic mass is 10.0.